The maximum Gasteiger partial charge on any atom is 0.234 e. The summed E-state index contributed by atoms with van der Waals surface area (Å²) >= 11 is 1.59. The number of benzene rings is 1. The second-order valence-corrected chi connectivity index (χ2v) is 5.57. The predicted molar refractivity (Wildman–Crippen MR) is 77.3 cm³/mol. The maximum absolute atomic E-state index is 11.4. The van der Waals surface area contributed by atoms with Gasteiger partial charge in [-0.05, 0) is 38.1 Å². The Kier molecular flexibility index (Phi) is 4.14. The van der Waals surface area contributed by atoms with Crippen LogP contribution in [0.25, 0.3) is 0 Å². The van der Waals surface area contributed by atoms with Crippen molar-refractivity contribution in [2.24, 2.45) is 5.73 Å². The predicted octanol–water partition coefficient (Wildman–Crippen LogP) is 1.90. The van der Waals surface area contributed by atoms with Crippen molar-refractivity contribution in [3.8, 4) is 0 Å². The lowest BCUT2D eigenvalue weighted by Gasteiger charge is -2.28. The lowest BCUT2D eigenvalue weighted by molar-refractivity contribution is -0.113. The molecule has 1 unspecified atom stereocenters. The van der Waals surface area contributed by atoms with Gasteiger partial charge < -0.3 is 16.0 Å². The highest BCUT2D eigenvalue weighted by Crippen LogP contribution is 2.34. The summed E-state index contributed by atoms with van der Waals surface area (Å²) in [5.41, 5.74) is 7.61. The van der Waals surface area contributed by atoms with Gasteiger partial charge in [-0.15, -0.1) is 11.8 Å². The van der Waals surface area contributed by atoms with Crippen molar-refractivity contribution in [1.29, 1.82) is 0 Å². The van der Waals surface area contributed by atoms with Crippen molar-refractivity contribution in [1.82, 2.24) is 0 Å². The van der Waals surface area contributed by atoms with Crippen molar-refractivity contribution in [3.63, 3.8) is 0 Å². The molecule has 1 aliphatic rings. The molecule has 0 aromatic heterocycles. The van der Waals surface area contributed by atoms with Crippen LogP contribution in [0.5, 0.6) is 0 Å². The molecular formula is C13H19N3OS. The number of nitrogens with zero attached hydrogens (tertiary/aromatic N) is 1. The van der Waals surface area contributed by atoms with Gasteiger partial charge in [0.15, 0.2) is 0 Å². The highest BCUT2D eigenvalue weighted by Gasteiger charge is 2.17. The molecule has 98 valence electrons. The molecule has 1 aromatic rings. The molecule has 0 fully saturated rings. The van der Waals surface area contributed by atoms with Gasteiger partial charge in [-0.25, -0.2) is 0 Å². The molecule has 1 aromatic carbocycles. The molecule has 2 rings (SSSR count). The van der Waals surface area contributed by atoms with Crippen molar-refractivity contribution in [3.05, 3.63) is 18.2 Å². The summed E-state index contributed by atoms with van der Waals surface area (Å²) in [5.74, 6) is 0.577. The van der Waals surface area contributed by atoms with Crippen LogP contribution in [0.2, 0.25) is 0 Å². The molecule has 3 N–H and O–H groups in total. The molecule has 0 radical (unpaired) electrons. The first-order valence-corrected chi connectivity index (χ1v) is 7.10. The molecular weight excluding hydrogens is 246 g/mol. The van der Waals surface area contributed by atoms with E-state index in [0.29, 0.717) is 18.3 Å². The lowest BCUT2D eigenvalue weighted by Crippen LogP contribution is -2.31. The van der Waals surface area contributed by atoms with E-state index in [2.05, 4.69) is 36.3 Å². The van der Waals surface area contributed by atoms with E-state index in [1.807, 2.05) is 6.07 Å². The van der Waals surface area contributed by atoms with Crippen LogP contribution in [-0.4, -0.2) is 31.3 Å². The van der Waals surface area contributed by atoms with Crippen LogP contribution in [0.4, 0.5) is 11.4 Å². The molecule has 1 heterocycles. The van der Waals surface area contributed by atoms with E-state index in [1.165, 1.54) is 0 Å². The summed E-state index contributed by atoms with van der Waals surface area (Å²) < 4.78 is 0. The summed E-state index contributed by atoms with van der Waals surface area (Å²) in [6.07, 6.45) is 0.953. The van der Waals surface area contributed by atoms with E-state index in [0.717, 1.165) is 22.7 Å². The van der Waals surface area contributed by atoms with Gasteiger partial charge >= 0.3 is 0 Å². The largest absolute Gasteiger partial charge is 0.372 e. The van der Waals surface area contributed by atoms with Crippen molar-refractivity contribution < 1.29 is 4.79 Å². The van der Waals surface area contributed by atoms with Crippen molar-refractivity contribution in [2.75, 3.05) is 29.6 Å². The van der Waals surface area contributed by atoms with Crippen LogP contribution < -0.4 is 16.0 Å². The first-order valence-electron chi connectivity index (χ1n) is 6.11. The van der Waals surface area contributed by atoms with Crippen LogP contribution in [-0.2, 0) is 4.79 Å². The third kappa shape index (κ3) is 2.79. The molecule has 5 heteroatoms. The highest BCUT2D eigenvalue weighted by molar-refractivity contribution is 8.00. The molecule has 1 aliphatic heterocycles. The second kappa shape index (κ2) is 5.63. The molecule has 18 heavy (non-hydrogen) atoms. The Labute approximate surface area is 112 Å². The number of hydrogen-bond acceptors (Lipinski definition) is 4. The summed E-state index contributed by atoms with van der Waals surface area (Å²) in [5, 5.41) is 2.91. The van der Waals surface area contributed by atoms with E-state index >= 15 is 0 Å². The highest BCUT2D eigenvalue weighted by atomic mass is 32.2. The monoisotopic (exact) mass is 265 g/mol. The smallest absolute Gasteiger partial charge is 0.234 e. The minimum Gasteiger partial charge on any atom is -0.372 e. The Morgan fingerprint density at radius 2 is 2.33 bits per heavy atom. The zero-order chi connectivity index (χ0) is 13.1. The van der Waals surface area contributed by atoms with Crippen LogP contribution in [0.1, 0.15) is 13.3 Å². The van der Waals surface area contributed by atoms with Crippen LogP contribution in [0.3, 0.4) is 0 Å². The molecule has 0 saturated carbocycles. The SMILES string of the molecule is CC(CCN)N(C)c1ccc2c(c1)NC(=O)CS2. The van der Waals surface area contributed by atoms with Gasteiger partial charge in [-0.3, -0.25) is 4.79 Å². The van der Waals surface area contributed by atoms with Gasteiger partial charge in [0.2, 0.25) is 5.91 Å². The van der Waals surface area contributed by atoms with Crippen LogP contribution in [0.15, 0.2) is 23.1 Å². The van der Waals surface area contributed by atoms with E-state index in [4.69, 9.17) is 5.73 Å². The fourth-order valence-electron chi connectivity index (χ4n) is 1.98. The summed E-state index contributed by atoms with van der Waals surface area (Å²) in [6, 6.07) is 6.59. The number of thioether (sulfide) groups is 1. The molecule has 0 aliphatic carbocycles. The van der Waals surface area contributed by atoms with Gasteiger partial charge in [-0.2, -0.15) is 0 Å². The third-order valence-electron chi connectivity index (χ3n) is 3.25. The number of carbonyl (C=O) groups excluding carboxylic acids is 1. The minimum atomic E-state index is 0.0716. The second-order valence-electron chi connectivity index (χ2n) is 4.55. The quantitative estimate of drug-likeness (QED) is 0.873. The molecule has 1 atom stereocenters. The average Bonchev–Trinajstić information content (AvgIpc) is 2.37. The first kappa shape index (κ1) is 13.2. The van der Waals surface area contributed by atoms with Gasteiger partial charge in [-0.1, -0.05) is 0 Å². The molecule has 4 nitrogen and oxygen atoms in total. The van der Waals surface area contributed by atoms with Gasteiger partial charge in [0.05, 0.1) is 11.4 Å². The molecule has 0 bridgehead atoms. The van der Waals surface area contributed by atoms with Gasteiger partial charge in [0.1, 0.15) is 0 Å². The minimum absolute atomic E-state index is 0.0716. The Balaban J connectivity index is 2.20. The van der Waals surface area contributed by atoms with Gasteiger partial charge in [0, 0.05) is 23.7 Å². The number of hydrogen-bond donors (Lipinski definition) is 2. The number of nitrogens with one attached hydrogen (secondary N) is 1. The van der Waals surface area contributed by atoms with E-state index in [9.17, 15) is 4.79 Å². The lowest BCUT2D eigenvalue weighted by atomic mass is 10.1. The molecule has 0 saturated heterocycles. The van der Waals surface area contributed by atoms with Crippen molar-refractivity contribution >= 4 is 29.0 Å². The van der Waals surface area contributed by atoms with Crippen LogP contribution in [0, 0.1) is 0 Å². The maximum atomic E-state index is 11.4. The Morgan fingerprint density at radius 3 is 3.06 bits per heavy atom. The van der Waals surface area contributed by atoms with Crippen molar-refractivity contribution in [2.45, 2.75) is 24.3 Å². The number of fused-ring (bicyclic) bond motifs is 1. The fourth-order valence-corrected chi connectivity index (χ4v) is 2.77. The molecule has 1 amide bonds. The normalized spacial score (nSPS) is 15.8. The zero-order valence-corrected chi connectivity index (χ0v) is 11.6. The summed E-state index contributed by atoms with van der Waals surface area (Å²) in [4.78, 5) is 14.7. The average molecular weight is 265 g/mol. The number of anilines is 2. The zero-order valence-electron chi connectivity index (χ0n) is 10.8. The molecule has 0 spiro atoms. The Hall–Kier alpha value is -1.20. The topological polar surface area (TPSA) is 58.4 Å². The van der Waals surface area contributed by atoms with E-state index < -0.39 is 0 Å². The van der Waals surface area contributed by atoms with E-state index in [1.54, 1.807) is 11.8 Å². The standard InChI is InChI=1S/C13H19N3OS/c1-9(5-6-14)16(2)10-3-4-12-11(7-10)15-13(17)8-18-12/h3-4,7,9H,5-6,8,14H2,1-2H3,(H,15,17). The number of nitrogens with two attached hydrogens (primary N) is 1. The van der Waals surface area contributed by atoms with Crippen LogP contribution >= 0.6 is 11.8 Å². The fraction of sp³-hybridized carbons (Fsp3) is 0.462. The summed E-state index contributed by atoms with van der Waals surface area (Å²) in [7, 11) is 2.06. The van der Waals surface area contributed by atoms with E-state index in [-0.39, 0.29) is 5.91 Å². The number of carbonyl (C=O) groups is 1. The number of rotatable bonds is 4. The number of amides is 1. The third-order valence-corrected chi connectivity index (χ3v) is 4.32. The Bertz CT molecular complexity index is 450. The van der Waals surface area contributed by atoms with Gasteiger partial charge in [0.25, 0.3) is 0 Å². The summed E-state index contributed by atoms with van der Waals surface area (Å²) in [6.45, 7) is 2.84. The first-order chi connectivity index (χ1) is 8.61. The Morgan fingerprint density at radius 1 is 1.56 bits per heavy atom.